The number of nitrogens with two attached hydrogens (primary N) is 1. The number of rotatable bonds is 8. The summed E-state index contributed by atoms with van der Waals surface area (Å²) >= 11 is 0. The van der Waals surface area contributed by atoms with Gasteiger partial charge in [-0.05, 0) is 18.6 Å². The van der Waals surface area contributed by atoms with Gasteiger partial charge in [-0.15, -0.1) is 0 Å². The molecule has 0 aliphatic heterocycles. The highest BCUT2D eigenvalue weighted by atomic mass is 16.5. The van der Waals surface area contributed by atoms with E-state index in [1.54, 1.807) is 0 Å². The maximum absolute atomic E-state index is 5.64. The first-order valence-electron chi connectivity index (χ1n) is 5.89. The molecule has 0 heterocycles. The molecule has 0 radical (unpaired) electrons. The van der Waals surface area contributed by atoms with Crippen molar-refractivity contribution in [3.8, 4) is 5.75 Å². The summed E-state index contributed by atoms with van der Waals surface area (Å²) in [6.07, 6.45) is 3.23. The summed E-state index contributed by atoms with van der Waals surface area (Å²) < 4.78 is 11.0. The number of unbranched alkanes of at least 4 members (excludes halogenated alkanes) is 1. The first-order chi connectivity index (χ1) is 7.83. The van der Waals surface area contributed by atoms with Crippen LogP contribution in [0.1, 0.15) is 26.2 Å². The van der Waals surface area contributed by atoms with Crippen LogP contribution in [0.5, 0.6) is 5.75 Å². The van der Waals surface area contributed by atoms with Gasteiger partial charge in [0.2, 0.25) is 0 Å². The largest absolute Gasteiger partial charge is 0.493 e. The third-order valence-corrected chi connectivity index (χ3v) is 2.20. The van der Waals surface area contributed by atoms with Gasteiger partial charge in [0.25, 0.3) is 0 Å². The number of hydrogen-bond donors (Lipinski definition) is 1. The lowest BCUT2D eigenvalue weighted by Gasteiger charge is -2.07. The third kappa shape index (κ3) is 5.61. The van der Waals surface area contributed by atoms with E-state index in [1.807, 2.05) is 24.3 Å². The smallest absolute Gasteiger partial charge is 0.121 e. The minimum atomic E-state index is 0.676. The lowest BCUT2D eigenvalue weighted by Crippen LogP contribution is -2.04. The van der Waals surface area contributed by atoms with E-state index in [4.69, 9.17) is 15.2 Å². The summed E-state index contributed by atoms with van der Waals surface area (Å²) in [7, 11) is 0. The molecule has 0 fully saturated rings. The van der Waals surface area contributed by atoms with Crippen LogP contribution in [-0.4, -0.2) is 19.8 Å². The molecule has 3 heteroatoms. The molecule has 0 aromatic heterocycles. The van der Waals surface area contributed by atoms with Crippen molar-refractivity contribution in [1.82, 2.24) is 0 Å². The molecule has 0 atom stereocenters. The van der Waals surface area contributed by atoms with Gasteiger partial charge < -0.3 is 15.2 Å². The van der Waals surface area contributed by atoms with Crippen LogP contribution in [0.3, 0.4) is 0 Å². The molecule has 90 valence electrons. The van der Waals surface area contributed by atoms with Gasteiger partial charge in [0.05, 0.1) is 6.61 Å². The summed E-state index contributed by atoms with van der Waals surface area (Å²) in [5, 5.41) is 0. The second-order valence-corrected chi connectivity index (χ2v) is 3.74. The summed E-state index contributed by atoms with van der Waals surface area (Å²) in [4.78, 5) is 0. The van der Waals surface area contributed by atoms with E-state index in [-0.39, 0.29) is 0 Å². The van der Waals surface area contributed by atoms with E-state index in [0.717, 1.165) is 37.5 Å². The lowest BCUT2D eigenvalue weighted by atomic mass is 10.3. The highest BCUT2D eigenvalue weighted by molar-refractivity contribution is 5.43. The van der Waals surface area contributed by atoms with Crippen LogP contribution in [-0.2, 0) is 4.74 Å². The van der Waals surface area contributed by atoms with Gasteiger partial charge in [-0.1, -0.05) is 19.4 Å². The molecule has 0 aliphatic carbocycles. The second kappa shape index (κ2) is 7.99. The fourth-order valence-electron chi connectivity index (χ4n) is 1.30. The first kappa shape index (κ1) is 12.8. The molecule has 0 unspecified atom stereocenters. The Bertz CT molecular complexity index is 289. The van der Waals surface area contributed by atoms with Gasteiger partial charge in [0, 0.05) is 31.4 Å². The maximum atomic E-state index is 5.64. The van der Waals surface area contributed by atoms with E-state index >= 15 is 0 Å². The van der Waals surface area contributed by atoms with Gasteiger partial charge in [-0.3, -0.25) is 0 Å². The van der Waals surface area contributed by atoms with E-state index in [0.29, 0.717) is 6.61 Å². The fourth-order valence-corrected chi connectivity index (χ4v) is 1.30. The van der Waals surface area contributed by atoms with E-state index in [9.17, 15) is 0 Å². The molecule has 2 N–H and O–H groups in total. The predicted octanol–water partition coefficient (Wildman–Crippen LogP) is 2.85. The van der Waals surface area contributed by atoms with Crippen molar-refractivity contribution in [3.05, 3.63) is 24.3 Å². The molecule has 3 nitrogen and oxygen atoms in total. The lowest BCUT2D eigenvalue weighted by molar-refractivity contribution is 0.117. The predicted molar refractivity (Wildman–Crippen MR) is 66.7 cm³/mol. The summed E-state index contributed by atoms with van der Waals surface area (Å²) in [5.41, 5.74) is 6.37. The minimum Gasteiger partial charge on any atom is -0.493 e. The number of nitrogen functional groups attached to an aromatic ring is 1. The molecule has 0 aliphatic rings. The van der Waals surface area contributed by atoms with Crippen LogP contribution >= 0.6 is 0 Å². The van der Waals surface area contributed by atoms with E-state index < -0.39 is 0 Å². The standard InChI is InChI=1S/C13H21NO2/c1-2-3-8-15-9-5-10-16-13-7-4-6-12(14)11-13/h4,6-7,11H,2-3,5,8-10,14H2,1H3. The van der Waals surface area contributed by atoms with E-state index in [2.05, 4.69) is 6.92 Å². The second-order valence-electron chi connectivity index (χ2n) is 3.74. The SMILES string of the molecule is CCCCOCCCOc1cccc(N)c1. The monoisotopic (exact) mass is 223 g/mol. The van der Waals surface area contributed by atoms with Crippen molar-refractivity contribution >= 4 is 5.69 Å². The Morgan fingerprint density at radius 1 is 1.12 bits per heavy atom. The van der Waals surface area contributed by atoms with Gasteiger partial charge in [-0.2, -0.15) is 0 Å². The molecule has 0 spiro atoms. The summed E-state index contributed by atoms with van der Waals surface area (Å²) in [6, 6.07) is 7.48. The Morgan fingerprint density at radius 2 is 1.94 bits per heavy atom. The zero-order valence-corrected chi connectivity index (χ0v) is 9.95. The molecule has 1 aromatic rings. The van der Waals surface area contributed by atoms with Crippen LogP contribution in [0.4, 0.5) is 5.69 Å². The average molecular weight is 223 g/mol. The Balaban J connectivity index is 2.03. The molecule has 0 bridgehead atoms. The zero-order valence-electron chi connectivity index (χ0n) is 9.95. The van der Waals surface area contributed by atoms with Crippen LogP contribution in [0, 0.1) is 0 Å². The Morgan fingerprint density at radius 3 is 2.69 bits per heavy atom. The van der Waals surface area contributed by atoms with Crippen molar-refractivity contribution < 1.29 is 9.47 Å². The fraction of sp³-hybridized carbons (Fsp3) is 0.538. The highest BCUT2D eigenvalue weighted by Gasteiger charge is 1.94. The van der Waals surface area contributed by atoms with E-state index in [1.165, 1.54) is 6.42 Å². The molecular formula is C13H21NO2. The summed E-state index contributed by atoms with van der Waals surface area (Å²) in [5.74, 6) is 0.827. The van der Waals surface area contributed by atoms with Crippen LogP contribution in [0.15, 0.2) is 24.3 Å². The van der Waals surface area contributed by atoms with Crippen molar-refractivity contribution in [3.63, 3.8) is 0 Å². The van der Waals surface area contributed by atoms with Gasteiger partial charge >= 0.3 is 0 Å². The first-order valence-corrected chi connectivity index (χ1v) is 5.89. The quantitative estimate of drug-likeness (QED) is 0.544. The maximum Gasteiger partial charge on any atom is 0.121 e. The van der Waals surface area contributed by atoms with Gasteiger partial charge in [0.1, 0.15) is 5.75 Å². The molecule has 0 saturated heterocycles. The topological polar surface area (TPSA) is 44.5 Å². The van der Waals surface area contributed by atoms with Crippen LogP contribution < -0.4 is 10.5 Å². The molecule has 0 saturated carbocycles. The molecule has 16 heavy (non-hydrogen) atoms. The molecular weight excluding hydrogens is 202 g/mol. The highest BCUT2D eigenvalue weighted by Crippen LogP contribution is 2.14. The Labute approximate surface area is 97.6 Å². The Kier molecular flexibility index (Phi) is 6.42. The number of benzene rings is 1. The number of ether oxygens (including phenoxy) is 2. The van der Waals surface area contributed by atoms with Gasteiger partial charge in [-0.25, -0.2) is 0 Å². The third-order valence-electron chi connectivity index (χ3n) is 2.20. The average Bonchev–Trinajstić information content (AvgIpc) is 2.28. The molecule has 0 amide bonds. The van der Waals surface area contributed by atoms with Crippen molar-refractivity contribution in [2.75, 3.05) is 25.6 Å². The minimum absolute atomic E-state index is 0.676. The van der Waals surface area contributed by atoms with Crippen molar-refractivity contribution in [1.29, 1.82) is 0 Å². The normalized spacial score (nSPS) is 10.3. The van der Waals surface area contributed by atoms with Crippen LogP contribution in [0.25, 0.3) is 0 Å². The number of hydrogen-bond acceptors (Lipinski definition) is 3. The molecule has 1 rings (SSSR count). The summed E-state index contributed by atoms with van der Waals surface area (Å²) in [6.45, 7) is 4.46. The van der Waals surface area contributed by atoms with Crippen molar-refractivity contribution in [2.45, 2.75) is 26.2 Å². The van der Waals surface area contributed by atoms with Crippen molar-refractivity contribution in [2.24, 2.45) is 0 Å². The molecule has 1 aromatic carbocycles. The number of anilines is 1. The Hall–Kier alpha value is -1.22. The zero-order chi connectivity index (χ0) is 11.6. The van der Waals surface area contributed by atoms with Gasteiger partial charge in [0.15, 0.2) is 0 Å². The van der Waals surface area contributed by atoms with Crippen LogP contribution in [0.2, 0.25) is 0 Å².